The first kappa shape index (κ1) is 20.4. The number of hydrogen-bond acceptors (Lipinski definition) is 8. The van der Waals surface area contributed by atoms with Crippen LogP contribution in [0.25, 0.3) is 0 Å². The summed E-state index contributed by atoms with van der Waals surface area (Å²) in [7, 11) is 0. The predicted molar refractivity (Wildman–Crippen MR) is 114 cm³/mol. The minimum atomic E-state index is -0.677. The molecule has 0 aliphatic carbocycles. The third-order valence-electron chi connectivity index (χ3n) is 4.53. The van der Waals surface area contributed by atoms with Gasteiger partial charge in [0.05, 0.1) is 24.1 Å². The third kappa shape index (κ3) is 4.75. The summed E-state index contributed by atoms with van der Waals surface area (Å²) in [5, 5.41) is 27.2. The summed E-state index contributed by atoms with van der Waals surface area (Å²) in [4.78, 5) is 19.8. The van der Waals surface area contributed by atoms with Gasteiger partial charge in [0.2, 0.25) is 5.95 Å². The zero-order valence-electron chi connectivity index (χ0n) is 16.5. The lowest BCUT2D eigenvalue weighted by atomic mass is 9.98. The molecule has 3 aromatic rings. The molecule has 1 unspecified atom stereocenters. The van der Waals surface area contributed by atoms with E-state index in [1.165, 1.54) is 0 Å². The molecular formula is C22H19N7O. The van der Waals surface area contributed by atoms with E-state index in [9.17, 15) is 4.91 Å². The predicted octanol–water partition coefficient (Wildman–Crippen LogP) is 5.17. The molecule has 0 bridgehead atoms. The van der Waals surface area contributed by atoms with Crippen LogP contribution in [0.5, 0.6) is 0 Å². The van der Waals surface area contributed by atoms with E-state index in [4.69, 9.17) is 10.5 Å². The second-order valence-electron chi connectivity index (χ2n) is 6.72. The van der Waals surface area contributed by atoms with E-state index in [0.29, 0.717) is 17.3 Å². The van der Waals surface area contributed by atoms with Crippen LogP contribution in [-0.2, 0) is 0 Å². The van der Waals surface area contributed by atoms with Gasteiger partial charge in [-0.1, -0.05) is 17.3 Å². The highest BCUT2D eigenvalue weighted by atomic mass is 16.3. The van der Waals surface area contributed by atoms with Crippen molar-refractivity contribution in [3.8, 4) is 12.1 Å². The summed E-state index contributed by atoms with van der Waals surface area (Å²) < 4.78 is 0. The molecule has 1 atom stereocenters. The number of aromatic nitrogens is 2. The van der Waals surface area contributed by atoms with Gasteiger partial charge in [-0.15, -0.1) is 0 Å². The molecule has 0 fully saturated rings. The highest BCUT2D eigenvalue weighted by molar-refractivity contribution is 5.66. The van der Waals surface area contributed by atoms with Gasteiger partial charge in [0, 0.05) is 17.6 Å². The Labute approximate surface area is 174 Å². The summed E-state index contributed by atoms with van der Waals surface area (Å²) in [6.07, 6.45) is 1.69. The molecule has 1 aromatic heterocycles. The molecule has 2 aromatic carbocycles. The topological polar surface area (TPSA) is 127 Å². The van der Waals surface area contributed by atoms with Crippen molar-refractivity contribution in [1.82, 2.24) is 9.97 Å². The molecule has 0 amide bonds. The van der Waals surface area contributed by atoms with Crippen LogP contribution in [0.2, 0.25) is 0 Å². The SMILES string of the molecule is Cc1cc(C(CC#N)N=O)cc(C)c1Nc1ccnc(Nc2ccc(C#N)cc2)n1. The van der Waals surface area contributed by atoms with E-state index < -0.39 is 6.04 Å². The van der Waals surface area contributed by atoms with Gasteiger partial charge in [-0.3, -0.25) is 0 Å². The fourth-order valence-corrected chi connectivity index (χ4v) is 3.06. The van der Waals surface area contributed by atoms with Gasteiger partial charge >= 0.3 is 0 Å². The van der Waals surface area contributed by atoms with E-state index in [2.05, 4.69) is 31.8 Å². The van der Waals surface area contributed by atoms with Gasteiger partial charge in [0.25, 0.3) is 0 Å². The minimum absolute atomic E-state index is 0.0471. The maximum atomic E-state index is 11.1. The molecule has 0 aliphatic rings. The number of nitriles is 2. The van der Waals surface area contributed by atoms with Crippen molar-refractivity contribution >= 4 is 23.1 Å². The number of aryl methyl sites for hydroxylation is 2. The highest BCUT2D eigenvalue weighted by Crippen LogP contribution is 2.30. The number of nitroso groups, excluding NO2 is 1. The van der Waals surface area contributed by atoms with Crippen LogP contribution in [0.3, 0.4) is 0 Å². The molecule has 3 rings (SSSR count). The molecule has 0 radical (unpaired) electrons. The van der Waals surface area contributed by atoms with Crippen molar-refractivity contribution < 1.29 is 0 Å². The maximum absolute atomic E-state index is 11.1. The van der Waals surface area contributed by atoms with E-state index in [-0.39, 0.29) is 6.42 Å². The highest BCUT2D eigenvalue weighted by Gasteiger charge is 2.15. The fourth-order valence-electron chi connectivity index (χ4n) is 3.06. The molecule has 1 heterocycles. The van der Waals surface area contributed by atoms with Gasteiger partial charge in [-0.2, -0.15) is 20.4 Å². The zero-order chi connectivity index (χ0) is 21.5. The Hall–Kier alpha value is -4.30. The van der Waals surface area contributed by atoms with Crippen LogP contribution in [0, 0.1) is 41.4 Å². The fraction of sp³-hybridized carbons (Fsp3) is 0.182. The van der Waals surface area contributed by atoms with E-state index in [0.717, 1.165) is 28.1 Å². The number of rotatable bonds is 7. The number of nitrogens with one attached hydrogen (secondary N) is 2. The normalized spacial score (nSPS) is 11.1. The van der Waals surface area contributed by atoms with Crippen molar-refractivity contribution in [2.75, 3.05) is 10.6 Å². The quantitative estimate of drug-likeness (QED) is 0.526. The molecule has 30 heavy (non-hydrogen) atoms. The van der Waals surface area contributed by atoms with Crippen LogP contribution in [0.1, 0.15) is 34.7 Å². The average molecular weight is 397 g/mol. The van der Waals surface area contributed by atoms with E-state index >= 15 is 0 Å². The molecule has 0 spiro atoms. The van der Waals surface area contributed by atoms with Gasteiger partial charge < -0.3 is 10.6 Å². The van der Waals surface area contributed by atoms with Crippen molar-refractivity contribution in [1.29, 1.82) is 10.5 Å². The Kier molecular flexibility index (Phi) is 6.31. The molecular weight excluding hydrogens is 378 g/mol. The molecule has 148 valence electrons. The standard InChI is InChI=1S/C22H19N7O/c1-14-11-17(19(29-30)7-9-23)12-15(2)21(14)27-20-8-10-25-22(28-20)26-18-5-3-16(13-24)4-6-18/h3-6,8,10-12,19H,7H2,1-2H3,(H2,25,26,27,28). The molecule has 0 saturated heterocycles. The lowest BCUT2D eigenvalue weighted by Gasteiger charge is -2.16. The van der Waals surface area contributed by atoms with Gasteiger partial charge in [0.15, 0.2) is 0 Å². The molecule has 2 N–H and O–H groups in total. The molecule has 8 heteroatoms. The second-order valence-corrected chi connectivity index (χ2v) is 6.72. The summed E-state index contributed by atoms with van der Waals surface area (Å²) >= 11 is 0. The van der Waals surface area contributed by atoms with Crippen LogP contribution in [0.4, 0.5) is 23.1 Å². The Bertz CT molecular complexity index is 1120. The molecule has 0 saturated carbocycles. The van der Waals surface area contributed by atoms with Crippen molar-refractivity contribution in [2.45, 2.75) is 26.3 Å². The Morgan fingerprint density at radius 2 is 1.77 bits per heavy atom. The third-order valence-corrected chi connectivity index (χ3v) is 4.53. The van der Waals surface area contributed by atoms with Crippen molar-refractivity contribution in [3.05, 3.63) is 75.8 Å². The first-order valence-corrected chi connectivity index (χ1v) is 9.22. The van der Waals surface area contributed by atoms with Gasteiger partial charge in [-0.05, 0) is 60.9 Å². The van der Waals surface area contributed by atoms with Crippen molar-refractivity contribution in [3.63, 3.8) is 0 Å². The Morgan fingerprint density at radius 3 is 2.37 bits per heavy atom. The van der Waals surface area contributed by atoms with Gasteiger partial charge in [0.1, 0.15) is 11.9 Å². The number of anilines is 4. The first-order chi connectivity index (χ1) is 14.5. The number of hydrogen-bond donors (Lipinski definition) is 2. The minimum Gasteiger partial charge on any atom is -0.340 e. The summed E-state index contributed by atoms with van der Waals surface area (Å²) in [5.74, 6) is 1.01. The average Bonchev–Trinajstić information content (AvgIpc) is 2.75. The molecule has 8 nitrogen and oxygen atoms in total. The van der Waals surface area contributed by atoms with E-state index in [1.807, 2.05) is 32.0 Å². The smallest absolute Gasteiger partial charge is 0.229 e. The Morgan fingerprint density at radius 1 is 1.07 bits per heavy atom. The monoisotopic (exact) mass is 397 g/mol. The van der Waals surface area contributed by atoms with Crippen LogP contribution in [0.15, 0.2) is 53.8 Å². The molecule has 0 aliphatic heterocycles. The Balaban J connectivity index is 1.81. The van der Waals surface area contributed by atoms with Crippen molar-refractivity contribution in [2.24, 2.45) is 5.18 Å². The van der Waals surface area contributed by atoms with E-state index in [1.54, 1.807) is 36.5 Å². The van der Waals surface area contributed by atoms with Crippen LogP contribution >= 0.6 is 0 Å². The second kappa shape index (κ2) is 9.26. The van der Waals surface area contributed by atoms with Gasteiger partial charge in [-0.25, -0.2) is 4.98 Å². The van der Waals surface area contributed by atoms with Crippen LogP contribution in [-0.4, -0.2) is 9.97 Å². The maximum Gasteiger partial charge on any atom is 0.229 e. The van der Waals surface area contributed by atoms with Crippen LogP contribution < -0.4 is 10.6 Å². The zero-order valence-corrected chi connectivity index (χ0v) is 16.5. The first-order valence-electron chi connectivity index (χ1n) is 9.22. The summed E-state index contributed by atoms with van der Waals surface area (Å²) in [5.41, 5.74) is 4.76. The lowest BCUT2D eigenvalue weighted by Crippen LogP contribution is -2.04. The lowest BCUT2D eigenvalue weighted by molar-refractivity contribution is 0.742. The number of benzene rings is 2. The summed E-state index contributed by atoms with van der Waals surface area (Å²) in [6, 6.07) is 15.9. The number of nitrogens with zero attached hydrogens (tertiary/aromatic N) is 5. The summed E-state index contributed by atoms with van der Waals surface area (Å²) in [6.45, 7) is 3.84. The largest absolute Gasteiger partial charge is 0.340 e.